The zero-order valence-electron chi connectivity index (χ0n) is 10.2. The van der Waals surface area contributed by atoms with E-state index in [2.05, 4.69) is 12.2 Å². The molecule has 16 heavy (non-hydrogen) atoms. The highest BCUT2D eigenvalue weighted by Crippen LogP contribution is 2.44. The number of ether oxygens (including phenoxy) is 2. The first-order valence-corrected chi connectivity index (χ1v) is 6.76. The monoisotopic (exact) mass is 225 g/mol. The van der Waals surface area contributed by atoms with E-state index >= 15 is 0 Å². The van der Waals surface area contributed by atoms with E-state index in [4.69, 9.17) is 9.47 Å². The maximum Gasteiger partial charge on any atom is 0.166 e. The zero-order chi connectivity index (χ0) is 11.0. The summed E-state index contributed by atoms with van der Waals surface area (Å²) in [6.45, 7) is 4.60. The number of fused-ring (bicyclic) bond motifs is 2. The highest BCUT2D eigenvalue weighted by atomic mass is 16.7. The SMILES string of the molecule is CC1(CCNC2CC3CCC2C3)OCCO1. The molecule has 1 aliphatic heterocycles. The number of rotatable bonds is 4. The molecule has 3 fully saturated rings. The molecule has 3 atom stereocenters. The molecule has 3 aliphatic rings. The summed E-state index contributed by atoms with van der Waals surface area (Å²) in [7, 11) is 0. The van der Waals surface area contributed by atoms with Crippen LogP contribution >= 0.6 is 0 Å². The minimum atomic E-state index is -0.315. The number of hydrogen-bond donors (Lipinski definition) is 1. The van der Waals surface area contributed by atoms with E-state index in [9.17, 15) is 0 Å². The van der Waals surface area contributed by atoms with Gasteiger partial charge in [-0.25, -0.2) is 0 Å². The maximum atomic E-state index is 5.60. The van der Waals surface area contributed by atoms with Gasteiger partial charge in [-0.05, 0) is 38.0 Å². The summed E-state index contributed by atoms with van der Waals surface area (Å²) in [5.41, 5.74) is 0. The Morgan fingerprint density at radius 2 is 2.00 bits per heavy atom. The van der Waals surface area contributed by atoms with Crippen LogP contribution in [0.3, 0.4) is 0 Å². The molecule has 0 aromatic heterocycles. The van der Waals surface area contributed by atoms with Crippen LogP contribution in [0.15, 0.2) is 0 Å². The van der Waals surface area contributed by atoms with Gasteiger partial charge in [0.1, 0.15) is 0 Å². The Morgan fingerprint density at radius 1 is 1.19 bits per heavy atom. The Hall–Kier alpha value is -0.120. The molecule has 3 rings (SSSR count). The van der Waals surface area contributed by atoms with E-state index in [0.29, 0.717) is 0 Å². The first-order valence-electron chi connectivity index (χ1n) is 6.76. The van der Waals surface area contributed by atoms with Crippen LogP contribution in [0, 0.1) is 11.8 Å². The second kappa shape index (κ2) is 4.28. The quantitative estimate of drug-likeness (QED) is 0.793. The first-order chi connectivity index (χ1) is 7.75. The molecule has 1 saturated heterocycles. The molecule has 0 amide bonds. The lowest BCUT2D eigenvalue weighted by molar-refractivity contribution is -0.145. The van der Waals surface area contributed by atoms with Gasteiger partial charge >= 0.3 is 0 Å². The molecule has 1 heterocycles. The van der Waals surface area contributed by atoms with Gasteiger partial charge in [0.15, 0.2) is 5.79 Å². The minimum Gasteiger partial charge on any atom is -0.348 e. The van der Waals surface area contributed by atoms with E-state index in [1.807, 2.05) is 0 Å². The maximum absolute atomic E-state index is 5.60. The summed E-state index contributed by atoms with van der Waals surface area (Å²) >= 11 is 0. The third kappa shape index (κ3) is 2.13. The van der Waals surface area contributed by atoms with Gasteiger partial charge in [0.2, 0.25) is 0 Å². The zero-order valence-corrected chi connectivity index (χ0v) is 10.2. The Labute approximate surface area is 97.9 Å². The van der Waals surface area contributed by atoms with Crippen LogP contribution in [-0.4, -0.2) is 31.6 Å². The fourth-order valence-electron chi connectivity index (χ4n) is 3.68. The second-order valence-corrected chi connectivity index (χ2v) is 5.82. The normalized spacial score (nSPS) is 40.7. The Morgan fingerprint density at radius 3 is 2.62 bits per heavy atom. The predicted molar refractivity (Wildman–Crippen MR) is 62.2 cm³/mol. The van der Waals surface area contributed by atoms with E-state index in [1.54, 1.807) is 0 Å². The van der Waals surface area contributed by atoms with Crippen molar-refractivity contribution in [2.24, 2.45) is 11.8 Å². The highest BCUT2D eigenvalue weighted by molar-refractivity contribution is 4.94. The molecule has 1 N–H and O–H groups in total. The Kier molecular flexibility index (Phi) is 2.94. The summed E-state index contributed by atoms with van der Waals surface area (Å²) < 4.78 is 11.2. The van der Waals surface area contributed by atoms with Gasteiger partial charge in [0, 0.05) is 19.0 Å². The smallest absolute Gasteiger partial charge is 0.166 e. The molecule has 0 spiro atoms. The van der Waals surface area contributed by atoms with E-state index in [0.717, 1.165) is 44.1 Å². The fourth-order valence-corrected chi connectivity index (χ4v) is 3.68. The molecule has 3 unspecified atom stereocenters. The van der Waals surface area contributed by atoms with Gasteiger partial charge in [0.25, 0.3) is 0 Å². The van der Waals surface area contributed by atoms with Crippen molar-refractivity contribution in [1.82, 2.24) is 5.32 Å². The van der Waals surface area contributed by atoms with Crippen molar-refractivity contribution < 1.29 is 9.47 Å². The average Bonchev–Trinajstić information content (AvgIpc) is 2.94. The summed E-state index contributed by atoms with van der Waals surface area (Å²) in [4.78, 5) is 0. The van der Waals surface area contributed by atoms with Crippen molar-refractivity contribution in [3.8, 4) is 0 Å². The van der Waals surface area contributed by atoms with E-state index in [-0.39, 0.29) is 5.79 Å². The standard InChI is InChI=1S/C13H23NO2/c1-13(15-6-7-16-13)4-5-14-12-9-10-2-3-11(12)8-10/h10-12,14H,2-9H2,1H3. The minimum absolute atomic E-state index is 0.315. The van der Waals surface area contributed by atoms with Crippen LogP contribution in [-0.2, 0) is 9.47 Å². The summed E-state index contributed by atoms with van der Waals surface area (Å²) in [6, 6.07) is 0.781. The molecular weight excluding hydrogens is 202 g/mol. The molecule has 92 valence electrons. The van der Waals surface area contributed by atoms with Gasteiger partial charge in [0.05, 0.1) is 13.2 Å². The third-order valence-corrected chi connectivity index (χ3v) is 4.62. The number of nitrogens with one attached hydrogen (secondary N) is 1. The second-order valence-electron chi connectivity index (χ2n) is 5.82. The van der Waals surface area contributed by atoms with Crippen LogP contribution in [0.25, 0.3) is 0 Å². The molecule has 2 bridgehead atoms. The van der Waals surface area contributed by atoms with E-state index < -0.39 is 0 Å². The van der Waals surface area contributed by atoms with Crippen LogP contribution in [0.2, 0.25) is 0 Å². The van der Waals surface area contributed by atoms with Crippen molar-refractivity contribution in [2.45, 2.75) is 50.9 Å². The summed E-state index contributed by atoms with van der Waals surface area (Å²) in [5, 5.41) is 3.71. The number of hydrogen-bond acceptors (Lipinski definition) is 3. The van der Waals surface area contributed by atoms with Crippen molar-refractivity contribution in [3.63, 3.8) is 0 Å². The fraction of sp³-hybridized carbons (Fsp3) is 1.00. The van der Waals surface area contributed by atoms with Crippen LogP contribution in [0.4, 0.5) is 0 Å². The largest absolute Gasteiger partial charge is 0.348 e. The summed E-state index contributed by atoms with van der Waals surface area (Å²) in [6.07, 6.45) is 6.78. The molecule has 2 aliphatic carbocycles. The van der Waals surface area contributed by atoms with Crippen LogP contribution in [0.5, 0.6) is 0 Å². The lowest BCUT2D eigenvalue weighted by Crippen LogP contribution is -2.38. The molecule has 2 saturated carbocycles. The predicted octanol–water partition coefficient (Wildman–Crippen LogP) is 1.92. The van der Waals surface area contributed by atoms with Gasteiger partial charge in [-0.15, -0.1) is 0 Å². The highest BCUT2D eigenvalue weighted by Gasteiger charge is 2.39. The van der Waals surface area contributed by atoms with Gasteiger partial charge in [-0.3, -0.25) is 0 Å². The molecule has 3 nitrogen and oxygen atoms in total. The molecule has 3 heteroatoms. The Balaban J connectivity index is 1.40. The van der Waals surface area contributed by atoms with Gasteiger partial charge < -0.3 is 14.8 Å². The lowest BCUT2D eigenvalue weighted by Gasteiger charge is -2.26. The topological polar surface area (TPSA) is 30.5 Å². The van der Waals surface area contributed by atoms with Crippen LogP contribution in [0.1, 0.15) is 39.0 Å². The lowest BCUT2D eigenvalue weighted by atomic mass is 9.95. The van der Waals surface area contributed by atoms with Crippen molar-refractivity contribution in [3.05, 3.63) is 0 Å². The summed E-state index contributed by atoms with van der Waals surface area (Å²) in [5.74, 6) is 1.67. The molecule has 0 radical (unpaired) electrons. The average molecular weight is 225 g/mol. The van der Waals surface area contributed by atoms with Crippen molar-refractivity contribution in [2.75, 3.05) is 19.8 Å². The molecule has 0 aromatic rings. The molecule has 0 aromatic carbocycles. The third-order valence-electron chi connectivity index (χ3n) is 4.62. The van der Waals surface area contributed by atoms with Crippen LogP contribution < -0.4 is 5.32 Å². The first kappa shape index (κ1) is 11.0. The van der Waals surface area contributed by atoms with Gasteiger partial charge in [-0.1, -0.05) is 6.42 Å². The van der Waals surface area contributed by atoms with Crippen molar-refractivity contribution >= 4 is 0 Å². The van der Waals surface area contributed by atoms with Crippen molar-refractivity contribution in [1.29, 1.82) is 0 Å². The molecular formula is C13H23NO2. The van der Waals surface area contributed by atoms with E-state index in [1.165, 1.54) is 25.7 Å². The van der Waals surface area contributed by atoms with Gasteiger partial charge in [-0.2, -0.15) is 0 Å². The Bertz CT molecular complexity index is 250.